The zero-order valence-corrected chi connectivity index (χ0v) is 17.0. The third kappa shape index (κ3) is 6.23. The number of carbonyl (C=O) groups is 1. The van der Waals surface area contributed by atoms with Crippen molar-refractivity contribution >= 4 is 21.6 Å². The van der Waals surface area contributed by atoms with Gasteiger partial charge in [0.1, 0.15) is 11.6 Å². The van der Waals surface area contributed by atoms with Crippen LogP contribution in [0.1, 0.15) is 18.9 Å². The van der Waals surface area contributed by atoms with Gasteiger partial charge >= 0.3 is 0 Å². The molecular weight excluding hydrogens is 383 g/mol. The predicted octanol–water partition coefficient (Wildman–Crippen LogP) is 2.74. The maximum absolute atomic E-state index is 12.9. The van der Waals surface area contributed by atoms with Crippen molar-refractivity contribution in [2.45, 2.75) is 25.9 Å². The molecule has 1 atom stereocenters. The molecule has 0 spiro atoms. The standard InChI is InChI=1S/C20H25FN2O4S/c1-4-19(20(24)22-14-13-15-5-7-16(21)8-6-15)27-18-11-9-17(10-12-18)23(2)28(3,25)26/h5-12,19H,4,13-14H2,1-3H3,(H,22,24)/t19-/m0/s1. The molecule has 8 heteroatoms. The number of rotatable bonds is 9. The van der Waals surface area contributed by atoms with Gasteiger partial charge in [-0.05, 0) is 54.8 Å². The van der Waals surface area contributed by atoms with Crippen molar-refractivity contribution in [3.8, 4) is 5.75 Å². The van der Waals surface area contributed by atoms with Gasteiger partial charge in [0.05, 0.1) is 11.9 Å². The molecule has 28 heavy (non-hydrogen) atoms. The fraction of sp³-hybridized carbons (Fsp3) is 0.350. The summed E-state index contributed by atoms with van der Waals surface area (Å²) in [6, 6.07) is 12.6. The Morgan fingerprint density at radius 2 is 1.75 bits per heavy atom. The van der Waals surface area contributed by atoms with Crippen LogP contribution in [0.25, 0.3) is 0 Å². The van der Waals surface area contributed by atoms with Gasteiger partial charge in [-0.1, -0.05) is 19.1 Å². The van der Waals surface area contributed by atoms with Crippen LogP contribution in [0.15, 0.2) is 48.5 Å². The summed E-state index contributed by atoms with van der Waals surface area (Å²) in [6.45, 7) is 2.26. The number of carbonyl (C=O) groups excluding carboxylic acids is 1. The van der Waals surface area contributed by atoms with Gasteiger partial charge in [0.25, 0.3) is 5.91 Å². The first-order valence-electron chi connectivity index (χ1n) is 8.93. The van der Waals surface area contributed by atoms with Crippen LogP contribution in [0, 0.1) is 5.82 Å². The van der Waals surface area contributed by atoms with Gasteiger partial charge in [0.15, 0.2) is 6.10 Å². The first-order chi connectivity index (χ1) is 13.2. The van der Waals surface area contributed by atoms with Crippen LogP contribution < -0.4 is 14.4 Å². The molecule has 0 aliphatic heterocycles. The minimum atomic E-state index is -3.34. The summed E-state index contributed by atoms with van der Waals surface area (Å²) in [5.74, 6) is -0.0471. The van der Waals surface area contributed by atoms with Crippen molar-refractivity contribution in [1.82, 2.24) is 5.32 Å². The largest absolute Gasteiger partial charge is 0.481 e. The van der Waals surface area contributed by atoms with E-state index >= 15 is 0 Å². The molecule has 0 aliphatic carbocycles. The van der Waals surface area contributed by atoms with Crippen LogP contribution in [0.2, 0.25) is 0 Å². The first-order valence-corrected chi connectivity index (χ1v) is 10.8. The monoisotopic (exact) mass is 408 g/mol. The summed E-state index contributed by atoms with van der Waals surface area (Å²) < 4.78 is 42.9. The van der Waals surface area contributed by atoms with Gasteiger partial charge in [0.2, 0.25) is 10.0 Å². The number of benzene rings is 2. The number of halogens is 1. The second-order valence-corrected chi connectivity index (χ2v) is 8.42. The van der Waals surface area contributed by atoms with Gasteiger partial charge < -0.3 is 10.1 Å². The predicted molar refractivity (Wildman–Crippen MR) is 108 cm³/mol. The van der Waals surface area contributed by atoms with E-state index in [9.17, 15) is 17.6 Å². The molecule has 1 amide bonds. The number of nitrogens with one attached hydrogen (secondary N) is 1. The zero-order valence-electron chi connectivity index (χ0n) is 16.2. The van der Waals surface area contributed by atoms with Crippen LogP contribution in [-0.4, -0.2) is 40.3 Å². The molecule has 2 rings (SSSR count). The number of anilines is 1. The highest BCUT2D eigenvalue weighted by atomic mass is 32.2. The van der Waals surface area contributed by atoms with E-state index in [1.807, 2.05) is 6.92 Å². The minimum absolute atomic E-state index is 0.234. The van der Waals surface area contributed by atoms with Crippen LogP contribution in [0.4, 0.5) is 10.1 Å². The molecule has 0 aromatic heterocycles. The second kappa shape index (κ2) is 9.54. The van der Waals surface area contributed by atoms with E-state index in [-0.39, 0.29) is 11.7 Å². The number of hydrogen-bond donors (Lipinski definition) is 1. The number of sulfonamides is 1. The Hall–Kier alpha value is -2.61. The van der Waals surface area contributed by atoms with E-state index in [1.165, 1.54) is 19.2 Å². The van der Waals surface area contributed by atoms with Crippen molar-refractivity contribution < 1.29 is 22.3 Å². The van der Waals surface area contributed by atoms with Crippen LogP contribution >= 0.6 is 0 Å². The SMILES string of the molecule is CC[C@H](Oc1ccc(N(C)S(C)(=O)=O)cc1)C(=O)NCCc1ccc(F)cc1. The van der Waals surface area contributed by atoms with E-state index in [2.05, 4.69) is 5.32 Å². The highest BCUT2D eigenvalue weighted by Gasteiger charge is 2.18. The first kappa shape index (κ1) is 21.7. The maximum atomic E-state index is 12.9. The van der Waals surface area contributed by atoms with Crippen LogP contribution in [0.3, 0.4) is 0 Å². The Labute approximate surface area is 165 Å². The molecule has 0 saturated carbocycles. The quantitative estimate of drug-likeness (QED) is 0.692. The Bertz CT molecular complexity index is 883. The Morgan fingerprint density at radius 3 is 2.29 bits per heavy atom. The van der Waals surface area contributed by atoms with Crippen LogP contribution in [-0.2, 0) is 21.2 Å². The van der Waals surface area contributed by atoms with Gasteiger partial charge in [-0.15, -0.1) is 0 Å². The number of hydrogen-bond acceptors (Lipinski definition) is 4. The zero-order chi connectivity index (χ0) is 20.7. The maximum Gasteiger partial charge on any atom is 0.261 e. The van der Waals surface area contributed by atoms with Crippen molar-refractivity contribution in [2.75, 3.05) is 24.2 Å². The number of ether oxygens (including phenoxy) is 1. The van der Waals surface area contributed by atoms with Gasteiger partial charge in [-0.25, -0.2) is 12.8 Å². The van der Waals surface area contributed by atoms with Crippen molar-refractivity contribution in [3.05, 3.63) is 59.9 Å². The summed E-state index contributed by atoms with van der Waals surface area (Å²) in [5, 5.41) is 2.82. The molecule has 6 nitrogen and oxygen atoms in total. The number of amides is 1. The Kier molecular flexibility index (Phi) is 7.39. The van der Waals surface area contributed by atoms with Gasteiger partial charge in [-0.2, -0.15) is 0 Å². The molecular formula is C20H25FN2O4S. The average molecular weight is 408 g/mol. The third-order valence-electron chi connectivity index (χ3n) is 4.27. The highest BCUT2D eigenvalue weighted by molar-refractivity contribution is 7.92. The van der Waals surface area contributed by atoms with E-state index in [4.69, 9.17) is 4.74 Å². The Balaban J connectivity index is 1.90. The molecule has 2 aromatic rings. The van der Waals surface area contributed by atoms with Crippen molar-refractivity contribution in [1.29, 1.82) is 0 Å². The summed E-state index contributed by atoms with van der Waals surface area (Å²) in [7, 11) is -1.87. The summed E-state index contributed by atoms with van der Waals surface area (Å²) in [5.41, 5.74) is 1.44. The summed E-state index contributed by atoms with van der Waals surface area (Å²) >= 11 is 0. The lowest BCUT2D eigenvalue weighted by Gasteiger charge is -2.19. The van der Waals surface area contributed by atoms with Crippen molar-refractivity contribution in [2.24, 2.45) is 0 Å². The molecule has 2 aromatic carbocycles. The van der Waals surface area contributed by atoms with E-state index < -0.39 is 16.1 Å². The Morgan fingerprint density at radius 1 is 1.14 bits per heavy atom. The van der Waals surface area contributed by atoms with Gasteiger partial charge in [0, 0.05) is 13.6 Å². The third-order valence-corrected chi connectivity index (χ3v) is 5.47. The summed E-state index contributed by atoms with van der Waals surface area (Å²) in [4.78, 5) is 12.3. The topological polar surface area (TPSA) is 75.7 Å². The lowest BCUT2D eigenvalue weighted by atomic mass is 10.1. The summed E-state index contributed by atoms with van der Waals surface area (Å²) in [6.07, 6.45) is 1.54. The molecule has 152 valence electrons. The van der Waals surface area contributed by atoms with Crippen LogP contribution in [0.5, 0.6) is 5.75 Å². The smallest absolute Gasteiger partial charge is 0.261 e. The van der Waals surface area contributed by atoms with E-state index in [1.54, 1.807) is 36.4 Å². The number of nitrogens with zero attached hydrogens (tertiary/aromatic N) is 1. The van der Waals surface area contributed by atoms with E-state index in [0.717, 1.165) is 16.1 Å². The lowest BCUT2D eigenvalue weighted by Crippen LogP contribution is -2.38. The lowest BCUT2D eigenvalue weighted by molar-refractivity contribution is -0.128. The minimum Gasteiger partial charge on any atom is -0.481 e. The molecule has 0 bridgehead atoms. The molecule has 0 fully saturated rings. The molecule has 0 saturated heterocycles. The van der Waals surface area contributed by atoms with Crippen molar-refractivity contribution in [3.63, 3.8) is 0 Å². The van der Waals surface area contributed by atoms with Gasteiger partial charge in [-0.3, -0.25) is 9.10 Å². The average Bonchev–Trinajstić information content (AvgIpc) is 2.66. The molecule has 0 aliphatic rings. The molecule has 1 N–H and O–H groups in total. The van der Waals surface area contributed by atoms with E-state index in [0.29, 0.717) is 30.8 Å². The normalized spacial score (nSPS) is 12.3. The highest BCUT2D eigenvalue weighted by Crippen LogP contribution is 2.21. The molecule has 0 radical (unpaired) electrons. The molecule has 0 heterocycles. The molecule has 0 unspecified atom stereocenters. The fourth-order valence-electron chi connectivity index (χ4n) is 2.51. The fourth-order valence-corrected chi connectivity index (χ4v) is 3.01. The second-order valence-electron chi connectivity index (χ2n) is 6.41.